The molecule has 1 N–H and O–H groups in total. The first-order valence-electron chi connectivity index (χ1n) is 9.64. The number of thiazole rings is 1. The zero-order chi connectivity index (χ0) is 20.8. The van der Waals surface area contributed by atoms with Crippen molar-refractivity contribution in [3.8, 4) is 22.2 Å². The van der Waals surface area contributed by atoms with Crippen molar-refractivity contribution in [3.63, 3.8) is 0 Å². The monoisotopic (exact) mass is 418 g/mol. The Hall–Kier alpha value is -3.22. The average Bonchev–Trinajstić information content (AvgIpc) is 3.18. The van der Waals surface area contributed by atoms with Gasteiger partial charge in [-0.3, -0.25) is 0 Å². The van der Waals surface area contributed by atoms with Gasteiger partial charge in [-0.05, 0) is 36.8 Å². The molecule has 0 bridgehead atoms. The summed E-state index contributed by atoms with van der Waals surface area (Å²) in [5.74, 6) is 1.23. The van der Waals surface area contributed by atoms with Crippen LogP contribution in [-0.4, -0.2) is 15.1 Å². The number of aryl methyl sites for hydroxylation is 1. The van der Waals surface area contributed by atoms with E-state index in [1.54, 1.807) is 29.7 Å². The zero-order valence-electron chi connectivity index (χ0n) is 16.6. The van der Waals surface area contributed by atoms with Gasteiger partial charge in [0.25, 0.3) is 0 Å². The number of hydrogen-bond acceptors (Lipinski definition) is 6. The average molecular weight is 419 g/mol. The summed E-state index contributed by atoms with van der Waals surface area (Å²) in [6.07, 6.45) is 1.65. The van der Waals surface area contributed by atoms with Crippen molar-refractivity contribution in [2.24, 2.45) is 0 Å². The Labute approximate surface area is 179 Å². The van der Waals surface area contributed by atoms with E-state index in [2.05, 4.69) is 24.0 Å². The summed E-state index contributed by atoms with van der Waals surface area (Å²) in [6.45, 7) is 2.77. The third kappa shape index (κ3) is 4.84. The van der Waals surface area contributed by atoms with Gasteiger partial charge in [0.05, 0.1) is 12.3 Å². The minimum Gasteiger partial charge on any atom is -0.487 e. The van der Waals surface area contributed by atoms with Gasteiger partial charge >= 0.3 is 0 Å². The van der Waals surface area contributed by atoms with Gasteiger partial charge in [-0.2, -0.15) is 0 Å². The fourth-order valence-corrected chi connectivity index (χ4v) is 3.85. The molecule has 30 heavy (non-hydrogen) atoms. The van der Waals surface area contributed by atoms with Gasteiger partial charge in [0.1, 0.15) is 24.0 Å². The highest BCUT2D eigenvalue weighted by molar-refractivity contribution is 7.15. The molecule has 4 aromatic rings. The standard InChI is InChI=1S/C24H22N2O3S/c1-17-22(26-24(30-17)19-6-3-2-4-7-19)16-28-21-11-9-18(10-12-21)15-29-23-20(14-27)8-5-13-25-23/h2-13,27H,14-16H2,1H3. The van der Waals surface area contributed by atoms with Crippen molar-refractivity contribution in [2.75, 3.05) is 0 Å². The van der Waals surface area contributed by atoms with Crippen LogP contribution in [0.3, 0.4) is 0 Å². The maximum atomic E-state index is 9.35. The van der Waals surface area contributed by atoms with Crippen molar-refractivity contribution >= 4 is 11.3 Å². The van der Waals surface area contributed by atoms with E-state index in [1.807, 2.05) is 42.5 Å². The fourth-order valence-electron chi connectivity index (χ4n) is 2.93. The summed E-state index contributed by atoms with van der Waals surface area (Å²) in [5.41, 5.74) is 3.75. The highest BCUT2D eigenvalue weighted by Gasteiger charge is 2.10. The maximum absolute atomic E-state index is 9.35. The number of aliphatic hydroxyl groups excluding tert-OH is 1. The van der Waals surface area contributed by atoms with Crippen LogP contribution in [0, 0.1) is 6.92 Å². The van der Waals surface area contributed by atoms with Crippen LogP contribution < -0.4 is 9.47 Å². The molecule has 6 heteroatoms. The molecule has 5 nitrogen and oxygen atoms in total. The molecule has 0 saturated carbocycles. The smallest absolute Gasteiger partial charge is 0.219 e. The second kappa shape index (κ2) is 9.52. The number of aliphatic hydroxyl groups is 1. The number of pyridine rings is 1. The topological polar surface area (TPSA) is 64.5 Å². The summed E-state index contributed by atoms with van der Waals surface area (Å²) < 4.78 is 11.7. The molecular formula is C24H22N2O3S. The summed E-state index contributed by atoms with van der Waals surface area (Å²) in [4.78, 5) is 10.1. The van der Waals surface area contributed by atoms with E-state index < -0.39 is 0 Å². The van der Waals surface area contributed by atoms with Crippen molar-refractivity contribution < 1.29 is 14.6 Å². The molecule has 0 unspecified atom stereocenters. The first-order valence-corrected chi connectivity index (χ1v) is 10.5. The molecule has 0 aliphatic rings. The quantitative estimate of drug-likeness (QED) is 0.428. The lowest BCUT2D eigenvalue weighted by molar-refractivity contribution is 0.252. The maximum Gasteiger partial charge on any atom is 0.219 e. The lowest BCUT2D eigenvalue weighted by Gasteiger charge is -2.09. The Balaban J connectivity index is 1.35. The lowest BCUT2D eigenvalue weighted by Crippen LogP contribution is -2.01. The first kappa shape index (κ1) is 20.1. The molecule has 0 aliphatic carbocycles. The van der Waals surface area contributed by atoms with Gasteiger partial charge < -0.3 is 14.6 Å². The molecule has 152 valence electrons. The predicted molar refractivity (Wildman–Crippen MR) is 118 cm³/mol. The van der Waals surface area contributed by atoms with Crippen LogP contribution in [0.2, 0.25) is 0 Å². The van der Waals surface area contributed by atoms with E-state index in [-0.39, 0.29) is 6.61 Å². The third-order valence-electron chi connectivity index (χ3n) is 4.61. The van der Waals surface area contributed by atoms with Crippen molar-refractivity contribution in [1.29, 1.82) is 0 Å². The predicted octanol–water partition coefficient (Wildman–Crippen LogP) is 5.16. The number of rotatable bonds is 8. The van der Waals surface area contributed by atoms with Gasteiger partial charge in [-0.15, -0.1) is 11.3 Å². The van der Waals surface area contributed by atoms with Crippen LogP contribution in [0.5, 0.6) is 11.6 Å². The minimum absolute atomic E-state index is 0.0992. The van der Waals surface area contributed by atoms with Gasteiger partial charge in [-0.1, -0.05) is 42.5 Å². The van der Waals surface area contributed by atoms with E-state index in [4.69, 9.17) is 14.5 Å². The van der Waals surface area contributed by atoms with E-state index in [9.17, 15) is 5.11 Å². The van der Waals surface area contributed by atoms with Gasteiger partial charge in [-0.25, -0.2) is 9.97 Å². The number of hydrogen-bond donors (Lipinski definition) is 1. The normalized spacial score (nSPS) is 10.7. The largest absolute Gasteiger partial charge is 0.487 e. The molecule has 2 heterocycles. The number of benzene rings is 2. The lowest BCUT2D eigenvalue weighted by atomic mass is 10.2. The molecule has 0 amide bonds. The van der Waals surface area contributed by atoms with Gasteiger partial charge in [0.2, 0.25) is 5.88 Å². The molecule has 0 spiro atoms. The van der Waals surface area contributed by atoms with Crippen LogP contribution in [0.15, 0.2) is 72.9 Å². The van der Waals surface area contributed by atoms with Crippen molar-refractivity contribution in [2.45, 2.75) is 26.7 Å². The molecule has 0 radical (unpaired) electrons. The Bertz CT molecular complexity index is 1100. The highest BCUT2D eigenvalue weighted by Crippen LogP contribution is 2.28. The summed E-state index contributed by atoms with van der Waals surface area (Å²) in [7, 11) is 0. The summed E-state index contributed by atoms with van der Waals surface area (Å²) in [5, 5.41) is 10.4. The van der Waals surface area contributed by atoms with E-state index in [1.165, 1.54) is 0 Å². The second-order valence-corrected chi connectivity index (χ2v) is 7.94. The molecule has 0 saturated heterocycles. The van der Waals surface area contributed by atoms with Crippen LogP contribution in [0.4, 0.5) is 0 Å². The summed E-state index contributed by atoms with van der Waals surface area (Å²) >= 11 is 1.68. The van der Waals surface area contributed by atoms with Crippen molar-refractivity contribution in [1.82, 2.24) is 9.97 Å². The molecule has 2 aromatic carbocycles. The SMILES string of the molecule is Cc1sc(-c2ccccc2)nc1COc1ccc(COc2ncccc2CO)cc1. The molecule has 0 fully saturated rings. The Morgan fingerprint density at radius 3 is 2.47 bits per heavy atom. The fraction of sp³-hybridized carbons (Fsp3) is 0.167. The van der Waals surface area contributed by atoms with Crippen LogP contribution in [-0.2, 0) is 19.8 Å². The number of nitrogens with zero attached hydrogens (tertiary/aromatic N) is 2. The Kier molecular flexibility index (Phi) is 6.37. The Morgan fingerprint density at radius 1 is 0.900 bits per heavy atom. The number of aromatic nitrogens is 2. The summed E-state index contributed by atoms with van der Waals surface area (Å²) in [6, 6.07) is 21.5. The van der Waals surface area contributed by atoms with Crippen molar-refractivity contribution in [3.05, 3.63) is 94.6 Å². The van der Waals surface area contributed by atoms with Gasteiger partial charge in [0, 0.05) is 22.2 Å². The van der Waals surface area contributed by atoms with Crippen LogP contribution in [0.25, 0.3) is 10.6 Å². The van der Waals surface area contributed by atoms with E-state index >= 15 is 0 Å². The zero-order valence-corrected chi connectivity index (χ0v) is 17.4. The van der Waals surface area contributed by atoms with Crippen LogP contribution in [0.1, 0.15) is 21.7 Å². The van der Waals surface area contributed by atoms with E-state index in [0.717, 1.165) is 32.5 Å². The first-order chi connectivity index (χ1) is 14.7. The Morgan fingerprint density at radius 2 is 1.70 bits per heavy atom. The highest BCUT2D eigenvalue weighted by atomic mass is 32.1. The van der Waals surface area contributed by atoms with Crippen LogP contribution >= 0.6 is 11.3 Å². The van der Waals surface area contributed by atoms with E-state index in [0.29, 0.717) is 24.7 Å². The minimum atomic E-state index is -0.0992. The molecule has 0 aliphatic heterocycles. The third-order valence-corrected chi connectivity index (χ3v) is 5.67. The second-order valence-electron chi connectivity index (χ2n) is 6.74. The molecule has 0 atom stereocenters. The molecular weight excluding hydrogens is 396 g/mol. The molecule has 2 aromatic heterocycles. The molecule has 4 rings (SSSR count). The van der Waals surface area contributed by atoms with Gasteiger partial charge in [0.15, 0.2) is 0 Å². The number of ether oxygens (including phenoxy) is 2.